The second-order valence-electron chi connectivity index (χ2n) is 5.07. The number of hydrogen-bond donors (Lipinski definition) is 1. The summed E-state index contributed by atoms with van der Waals surface area (Å²) in [4.78, 5) is 9.34. The van der Waals surface area contributed by atoms with Crippen molar-refractivity contribution in [3.8, 4) is 0 Å². The quantitative estimate of drug-likeness (QED) is 0.827. The SMILES string of the molecule is Cc1cc(C2CC2)nc(C2CCCCN2)n1. The first-order valence-corrected chi connectivity index (χ1v) is 6.42. The van der Waals surface area contributed by atoms with Crippen LogP contribution in [0.5, 0.6) is 0 Å². The van der Waals surface area contributed by atoms with Crippen LogP contribution in [-0.4, -0.2) is 16.5 Å². The van der Waals surface area contributed by atoms with Crippen LogP contribution in [-0.2, 0) is 0 Å². The third-order valence-electron chi connectivity index (χ3n) is 3.51. The maximum absolute atomic E-state index is 4.75. The molecule has 1 aromatic heterocycles. The van der Waals surface area contributed by atoms with E-state index < -0.39 is 0 Å². The lowest BCUT2D eigenvalue weighted by molar-refractivity contribution is 0.396. The summed E-state index contributed by atoms with van der Waals surface area (Å²) < 4.78 is 0. The molecule has 1 N–H and O–H groups in total. The topological polar surface area (TPSA) is 37.8 Å². The van der Waals surface area contributed by atoms with Gasteiger partial charge in [0.25, 0.3) is 0 Å². The Bertz CT molecular complexity index is 379. The average molecular weight is 217 g/mol. The van der Waals surface area contributed by atoms with Crippen molar-refractivity contribution in [2.24, 2.45) is 0 Å². The van der Waals surface area contributed by atoms with Crippen LogP contribution in [0.15, 0.2) is 6.07 Å². The van der Waals surface area contributed by atoms with Crippen molar-refractivity contribution in [1.82, 2.24) is 15.3 Å². The van der Waals surface area contributed by atoms with Crippen molar-refractivity contribution >= 4 is 0 Å². The van der Waals surface area contributed by atoms with E-state index >= 15 is 0 Å². The van der Waals surface area contributed by atoms with Gasteiger partial charge < -0.3 is 5.32 Å². The molecule has 1 atom stereocenters. The van der Waals surface area contributed by atoms with Crippen LogP contribution < -0.4 is 5.32 Å². The molecule has 2 fully saturated rings. The summed E-state index contributed by atoms with van der Waals surface area (Å²) in [7, 11) is 0. The van der Waals surface area contributed by atoms with Gasteiger partial charge in [-0.2, -0.15) is 0 Å². The Kier molecular flexibility index (Phi) is 2.64. The van der Waals surface area contributed by atoms with E-state index in [2.05, 4.69) is 23.3 Å². The van der Waals surface area contributed by atoms with Gasteiger partial charge in [0.05, 0.1) is 6.04 Å². The molecule has 0 spiro atoms. The third kappa shape index (κ3) is 2.09. The molecule has 1 aromatic rings. The van der Waals surface area contributed by atoms with Gasteiger partial charge in [-0.15, -0.1) is 0 Å². The van der Waals surface area contributed by atoms with Crippen LogP contribution in [0.2, 0.25) is 0 Å². The first-order chi connectivity index (χ1) is 7.83. The van der Waals surface area contributed by atoms with Gasteiger partial charge in [-0.25, -0.2) is 9.97 Å². The van der Waals surface area contributed by atoms with Gasteiger partial charge in [-0.1, -0.05) is 6.42 Å². The molecule has 1 unspecified atom stereocenters. The van der Waals surface area contributed by atoms with Gasteiger partial charge >= 0.3 is 0 Å². The van der Waals surface area contributed by atoms with Crippen LogP contribution in [0.4, 0.5) is 0 Å². The van der Waals surface area contributed by atoms with Crippen molar-refractivity contribution in [2.75, 3.05) is 6.54 Å². The number of hydrogen-bond acceptors (Lipinski definition) is 3. The lowest BCUT2D eigenvalue weighted by Gasteiger charge is -2.22. The molecule has 3 nitrogen and oxygen atoms in total. The Morgan fingerprint density at radius 2 is 2.06 bits per heavy atom. The van der Waals surface area contributed by atoms with Crippen molar-refractivity contribution in [1.29, 1.82) is 0 Å². The third-order valence-corrected chi connectivity index (χ3v) is 3.51. The zero-order chi connectivity index (χ0) is 11.0. The highest BCUT2D eigenvalue weighted by Crippen LogP contribution is 2.39. The summed E-state index contributed by atoms with van der Waals surface area (Å²) in [5, 5.41) is 3.52. The van der Waals surface area contributed by atoms with Gasteiger partial charge in [0.2, 0.25) is 0 Å². The van der Waals surface area contributed by atoms with Gasteiger partial charge in [-0.05, 0) is 45.2 Å². The molecule has 1 saturated carbocycles. The van der Waals surface area contributed by atoms with Crippen molar-refractivity contribution in [3.05, 3.63) is 23.3 Å². The van der Waals surface area contributed by atoms with E-state index in [1.54, 1.807) is 0 Å². The number of piperidine rings is 1. The molecule has 0 bridgehead atoms. The smallest absolute Gasteiger partial charge is 0.145 e. The fourth-order valence-electron chi connectivity index (χ4n) is 2.43. The molecule has 1 aliphatic carbocycles. The molecule has 1 aliphatic heterocycles. The summed E-state index contributed by atoms with van der Waals surface area (Å²) >= 11 is 0. The first-order valence-electron chi connectivity index (χ1n) is 6.42. The predicted molar refractivity (Wildman–Crippen MR) is 63.3 cm³/mol. The Labute approximate surface area is 96.7 Å². The van der Waals surface area contributed by atoms with E-state index in [0.29, 0.717) is 6.04 Å². The van der Waals surface area contributed by atoms with Gasteiger partial charge in [0.15, 0.2) is 0 Å². The number of rotatable bonds is 2. The van der Waals surface area contributed by atoms with Crippen molar-refractivity contribution in [2.45, 2.75) is 51.0 Å². The highest BCUT2D eigenvalue weighted by Gasteiger charge is 2.27. The molecular formula is C13H19N3. The molecule has 16 heavy (non-hydrogen) atoms. The molecule has 1 saturated heterocycles. The molecule has 2 aliphatic rings. The van der Waals surface area contributed by atoms with Gasteiger partial charge in [-0.3, -0.25) is 0 Å². The van der Waals surface area contributed by atoms with Gasteiger partial charge in [0, 0.05) is 17.3 Å². The second-order valence-corrected chi connectivity index (χ2v) is 5.07. The van der Waals surface area contributed by atoms with Crippen LogP contribution in [0, 0.1) is 6.92 Å². The second kappa shape index (κ2) is 4.13. The highest BCUT2D eigenvalue weighted by molar-refractivity contribution is 5.19. The standard InChI is InChI=1S/C13H19N3/c1-9-8-12(10-5-6-10)16-13(15-9)11-4-2-3-7-14-11/h8,10-11,14H,2-7H2,1H3. The van der Waals surface area contributed by atoms with E-state index in [-0.39, 0.29) is 0 Å². The van der Waals surface area contributed by atoms with Crippen LogP contribution in [0.1, 0.15) is 61.3 Å². The van der Waals surface area contributed by atoms with E-state index in [1.807, 2.05) is 0 Å². The molecule has 3 heteroatoms. The number of nitrogens with one attached hydrogen (secondary N) is 1. The monoisotopic (exact) mass is 217 g/mol. The van der Waals surface area contributed by atoms with E-state index in [4.69, 9.17) is 4.98 Å². The average Bonchev–Trinajstić information content (AvgIpc) is 3.13. The zero-order valence-electron chi connectivity index (χ0n) is 9.87. The zero-order valence-corrected chi connectivity index (χ0v) is 9.87. The normalized spacial score (nSPS) is 25.7. The molecule has 86 valence electrons. The largest absolute Gasteiger partial charge is 0.307 e. The minimum absolute atomic E-state index is 0.395. The number of aryl methyl sites for hydroxylation is 1. The molecule has 2 heterocycles. The maximum atomic E-state index is 4.75. The maximum Gasteiger partial charge on any atom is 0.145 e. The Balaban J connectivity index is 1.86. The first kappa shape index (κ1) is 10.2. The lowest BCUT2D eigenvalue weighted by atomic mass is 10.0. The molecule has 0 amide bonds. The van der Waals surface area contributed by atoms with Gasteiger partial charge in [0.1, 0.15) is 5.82 Å². The van der Waals surface area contributed by atoms with Crippen LogP contribution in [0.25, 0.3) is 0 Å². The summed E-state index contributed by atoms with van der Waals surface area (Å²) in [6, 6.07) is 2.55. The lowest BCUT2D eigenvalue weighted by Crippen LogP contribution is -2.28. The molecular weight excluding hydrogens is 198 g/mol. The molecule has 0 aromatic carbocycles. The fraction of sp³-hybridized carbons (Fsp3) is 0.692. The summed E-state index contributed by atoms with van der Waals surface area (Å²) in [6.45, 7) is 3.20. The van der Waals surface area contributed by atoms with E-state index in [9.17, 15) is 0 Å². The highest BCUT2D eigenvalue weighted by atomic mass is 15.0. The van der Waals surface area contributed by atoms with Crippen LogP contribution >= 0.6 is 0 Å². The molecule has 3 rings (SSSR count). The summed E-state index contributed by atoms with van der Waals surface area (Å²) in [5.41, 5.74) is 2.40. The van der Waals surface area contributed by atoms with Crippen molar-refractivity contribution in [3.63, 3.8) is 0 Å². The number of aromatic nitrogens is 2. The Hall–Kier alpha value is -0.960. The van der Waals surface area contributed by atoms with Crippen molar-refractivity contribution < 1.29 is 0 Å². The molecule has 0 radical (unpaired) electrons. The van der Waals surface area contributed by atoms with E-state index in [1.165, 1.54) is 37.8 Å². The van der Waals surface area contributed by atoms with E-state index in [0.717, 1.165) is 24.0 Å². The Morgan fingerprint density at radius 1 is 1.19 bits per heavy atom. The Morgan fingerprint density at radius 3 is 2.75 bits per heavy atom. The minimum atomic E-state index is 0.395. The predicted octanol–water partition coefficient (Wildman–Crippen LogP) is 2.48. The van der Waals surface area contributed by atoms with Crippen LogP contribution in [0.3, 0.4) is 0 Å². The summed E-state index contributed by atoms with van der Waals surface area (Å²) in [5.74, 6) is 1.76. The minimum Gasteiger partial charge on any atom is -0.307 e. The fourth-order valence-corrected chi connectivity index (χ4v) is 2.43. The summed E-state index contributed by atoms with van der Waals surface area (Å²) in [6.07, 6.45) is 6.40. The number of nitrogens with zero attached hydrogens (tertiary/aromatic N) is 2.